The standard InChI is InChI=1S/C22H12B6ClF2N3O4/c23-13-8-10(21(24,25)34(28)19(38)20(30,31)9-1-3-11(29)4-2-9)7-12-16(13)18(37)33(22(12,26)27)14-5-6-15(35)32-17(14)36/h1-4,7-8,14H,5-6H2,(H,32,35,36). The summed E-state index contributed by atoms with van der Waals surface area (Å²) in [5, 5.41) is -2.49. The van der Waals surface area contributed by atoms with Crippen molar-refractivity contribution in [2.75, 3.05) is 0 Å². The number of hydrogen-bond donors (Lipinski definition) is 1. The molecule has 2 aromatic carbocycles. The topological polar surface area (TPSA) is 86.8 Å². The number of nitrogens with zero attached hydrogens (tertiary/aromatic N) is 2. The van der Waals surface area contributed by atoms with Crippen LogP contribution in [0.2, 0.25) is 5.02 Å². The lowest BCUT2D eigenvalue weighted by Gasteiger charge is -2.42. The minimum atomic E-state index is -4.16. The first-order chi connectivity index (χ1) is 17.5. The van der Waals surface area contributed by atoms with Crippen LogP contribution < -0.4 is 10.8 Å². The summed E-state index contributed by atoms with van der Waals surface area (Å²) in [4.78, 5) is 50.7. The Morgan fingerprint density at radius 2 is 1.71 bits per heavy atom. The quantitative estimate of drug-likeness (QED) is 0.405. The van der Waals surface area contributed by atoms with Gasteiger partial charge in [0.2, 0.25) is 19.8 Å². The van der Waals surface area contributed by atoms with E-state index in [0.29, 0.717) is 0 Å². The molecule has 1 unspecified atom stereocenters. The number of rotatable bonds is 5. The van der Waals surface area contributed by atoms with Gasteiger partial charge in [-0.3, -0.25) is 24.5 Å². The van der Waals surface area contributed by atoms with E-state index in [1.165, 1.54) is 0 Å². The highest BCUT2D eigenvalue weighted by Gasteiger charge is 2.50. The number of alkyl halides is 2. The molecule has 7 nitrogen and oxygen atoms in total. The van der Waals surface area contributed by atoms with Gasteiger partial charge in [0, 0.05) is 22.6 Å². The van der Waals surface area contributed by atoms with Crippen LogP contribution in [0.4, 0.5) is 8.78 Å². The van der Waals surface area contributed by atoms with E-state index in [2.05, 4.69) is 5.32 Å². The van der Waals surface area contributed by atoms with E-state index in [9.17, 15) is 28.0 Å². The second-order valence-corrected chi connectivity index (χ2v) is 9.47. The van der Waals surface area contributed by atoms with Gasteiger partial charge in [-0.2, -0.15) is 8.78 Å². The molecule has 16 heteroatoms. The maximum atomic E-state index is 15.0. The Bertz CT molecular complexity index is 1380. The zero-order chi connectivity index (χ0) is 28.4. The van der Waals surface area contributed by atoms with Gasteiger partial charge in [0.05, 0.1) is 31.4 Å². The zero-order valence-corrected chi connectivity index (χ0v) is 20.3. The Morgan fingerprint density at radius 3 is 2.29 bits per heavy atom. The Balaban J connectivity index is 1.71. The molecule has 12 radical (unpaired) electrons. The van der Waals surface area contributed by atoms with Crippen LogP contribution in [0.15, 0.2) is 36.4 Å². The first-order valence-corrected chi connectivity index (χ1v) is 11.4. The fourth-order valence-corrected chi connectivity index (χ4v) is 4.56. The van der Waals surface area contributed by atoms with Gasteiger partial charge < -0.3 is 9.71 Å². The number of amides is 4. The van der Waals surface area contributed by atoms with Gasteiger partial charge in [0.25, 0.3) is 11.8 Å². The van der Waals surface area contributed by atoms with Gasteiger partial charge in [-0.25, -0.2) is 0 Å². The summed E-state index contributed by atoms with van der Waals surface area (Å²) in [6, 6.07) is 5.11. The minimum absolute atomic E-state index is 0.0596. The SMILES string of the molecule is [B]c1cc(C([B])([B])N([B])C(=O)C(F)(F)c2ccc(Cl)cc2)cc2c1C(=O)N(C1CCC(=O)NC1=O)C2([B])[B]. The Morgan fingerprint density at radius 1 is 1.11 bits per heavy atom. The van der Waals surface area contributed by atoms with E-state index in [0.717, 1.165) is 41.3 Å². The number of halogens is 3. The van der Waals surface area contributed by atoms with Gasteiger partial charge in [-0.1, -0.05) is 41.3 Å². The number of imide groups is 1. The third-order valence-corrected chi connectivity index (χ3v) is 6.76. The van der Waals surface area contributed by atoms with Crippen molar-refractivity contribution in [1.29, 1.82) is 0 Å². The molecule has 0 aliphatic carbocycles. The Kier molecular flexibility index (Phi) is 6.92. The Hall–Kier alpha value is -2.94. The normalized spacial score (nSPS) is 19.2. The summed E-state index contributed by atoms with van der Waals surface area (Å²) in [6.07, 6.45) is -0.135. The molecule has 1 fully saturated rings. The largest absolute Gasteiger partial charge is 0.398 e. The molecule has 0 aromatic heterocycles. The van der Waals surface area contributed by atoms with Crippen LogP contribution in [0, 0.1) is 0 Å². The summed E-state index contributed by atoms with van der Waals surface area (Å²) >= 11 is 5.72. The highest BCUT2D eigenvalue weighted by atomic mass is 35.5. The van der Waals surface area contributed by atoms with Crippen molar-refractivity contribution in [3.8, 4) is 0 Å². The monoisotopic (exact) mass is 521 g/mol. The van der Waals surface area contributed by atoms with Crippen LogP contribution in [0.1, 0.15) is 39.9 Å². The molecule has 1 N–H and O–H groups in total. The van der Waals surface area contributed by atoms with E-state index in [1.807, 2.05) is 0 Å². The molecule has 2 aromatic rings. The minimum Gasteiger partial charge on any atom is -0.398 e. The van der Waals surface area contributed by atoms with Crippen LogP contribution in [-0.2, 0) is 31.0 Å². The predicted molar refractivity (Wildman–Crippen MR) is 138 cm³/mol. The molecule has 4 amide bonds. The van der Waals surface area contributed by atoms with Crippen molar-refractivity contribution >= 4 is 87.9 Å². The predicted octanol–water partition coefficient (Wildman–Crippen LogP) is -1.01. The first-order valence-electron chi connectivity index (χ1n) is 11.0. The number of nitrogens with one attached hydrogen (secondary N) is 1. The van der Waals surface area contributed by atoms with Crippen molar-refractivity contribution in [1.82, 2.24) is 15.0 Å². The van der Waals surface area contributed by atoms with E-state index in [-0.39, 0.29) is 44.8 Å². The van der Waals surface area contributed by atoms with Crippen LogP contribution in [0.5, 0.6) is 0 Å². The smallest absolute Gasteiger partial charge is 0.348 e. The fourth-order valence-electron chi connectivity index (χ4n) is 4.44. The molecule has 4 rings (SSSR count). The van der Waals surface area contributed by atoms with Crippen LogP contribution >= 0.6 is 11.6 Å². The molecule has 0 saturated carbocycles. The molecular formula is C22H12B6ClF2N3O4. The van der Waals surface area contributed by atoms with E-state index >= 15 is 0 Å². The third-order valence-electron chi connectivity index (χ3n) is 6.51. The number of hydrogen-bond acceptors (Lipinski definition) is 4. The third kappa shape index (κ3) is 4.38. The lowest BCUT2D eigenvalue weighted by Crippen LogP contribution is -2.59. The number of carbonyl (C=O) groups excluding carboxylic acids is 4. The van der Waals surface area contributed by atoms with Crippen LogP contribution in [0.25, 0.3) is 0 Å². The summed E-state index contributed by atoms with van der Waals surface area (Å²) < 4.78 is 29.9. The van der Waals surface area contributed by atoms with Crippen molar-refractivity contribution in [2.45, 2.75) is 35.5 Å². The highest BCUT2D eigenvalue weighted by molar-refractivity contribution is 6.47. The Labute approximate surface area is 229 Å². The van der Waals surface area contributed by atoms with Crippen molar-refractivity contribution in [2.24, 2.45) is 0 Å². The van der Waals surface area contributed by atoms with Crippen molar-refractivity contribution in [3.05, 3.63) is 63.7 Å². The summed E-state index contributed by atoms with van der Waals surface area (Å²) in [5.41, 5.74) is -1.65. The lowest BCUT2D eigenvalue weighted by molar-refractivity contribution is -0.155. The molecule has 1 saturated heterocycles. The number of piperidine rings is 1. The maximum absolute atomic E-state index is 15.0. The van der Waals surface area contributed by atoms with Gasteiger partial charge in [-0.05, 0) is 40.4 Å². The molecular weight excluding hydrogens is 509 g/mol. The number of carbonyl (C=O) groups is 4. The van der Waals surface area contributed by atoms with Crippen LogP contribution in [0.3, 0.4) is 0 Å². The maximum Gasteiger partial charge on any atom is 0.348 e. The van der Waals surface area contributed by atoms with E-state index < -0.39 is 51.8 Å². The second-order valence-electron chi connectivity index (χ2n) is 9.04. The second kappa shape index (κ2) is 9.36. The highest BCUT2D eigenvalue weighted by Crippen LogP contribution is 2.40. The summed E-state index contributed by atoms with van der Waals surface area (Å²) in [7, 11) is 36.4. The summed E-state index contributed by atoms with van der Waals surface area (Å²) in [6.45, 7) is 0. The van der Waals surface area contributed by atoms with Gasteiger partial charge in [-0.15, -0.1) is 0 Å². The molecule has 2 aliphatic rings. The lowest BCUT2D eigenvalue weighted by atomic mass is 9.53. The fraction of sp³-hybridized carbons (Fsp3) is 0.273. The average molecular weight is 521 g/mol. The number of fused-ring (bicyclic) bond motifs is 1. The molecule has 38 heavy (non-hydrogen) atoms. The van der Waals surface area contributed by atoms with E-state index in [1.54, 1.807) is 0 Å². The molecule has 0 spiro atoms. The van der Waals surface area contributed by atoms with Crippen LogP contribution in [-0.4, -0.2) is 86.6 Å². The molecule has 1 atom stereocenters. The van der Waals surface area contributed by atoms with Gasteiger partial charge in [0.1, 0.15) is 13.9 Å². The molecule has 0 bridgehead atoms. The van der Waals surface area contributed by atoms with Crippen molar-refractivity contribution in [3.63, 3.8) is 0 Å². The molecule has 178 valence electrons. The van der Waals surface area contributed by atoms with E-state index in [4.69, 9.17) is 58.8 Å². The van der Waals surface area contributed by atoms with Gasteiger partial charge in [0.15, 0.2) is 0 Å². The van der Waals surface area contributed by atoms with Crippen molar-refractivity contribution < 1.29 is 28.0 Å². The summed E-state index contributed by atoms with van der Waals surface area (Å²) in [5.74, 6) is -8.27. The zero-order valence-electron chi connectivity index (χ0n) is 19.6. The molecule has 2 heterocycles. The van der Waals surface area contributed by atoms with Gasteiger partial charge >= 0.3 is 5.92 Å². The average Bonchev–Trinajstić information content (AvgIpc) is 3.04. The number of benzene rings is 2. The molecule has 2 aliphatic heterocycles. The first kappa shape index (κ1) is 28.1.